The van der Waals surface area contributed by atoms with Crippen LogP contribution in [0.5, 0.6) is 0 Å². The normalized spacial score (nSPS) is 11.0. The number of benzene rings is 2. The van der Waals surface area contributed by atoms with Crippen molar-refractivity contribution in [2.24, 2.45) is 0 Å². The lowest BCUT2D eigenvalue weighted by Crippen LogP contribution is -2.03. The van der Waals surface area contributed by atoms with E-state index in [1.54, 1.807) is 0 Å². The van der Waals surface area contributed by atoms with Crippen LogP contribution < -0.4 is 5.32 Å². The Kier molecular flexibility index (Phi) is 3.97. The van der Waals surface area contributed by atoms with Crippen LogP contribution >= 0.6 is 15.9 Å². The molecule has 21 heavy (non-hydrogen) atoms. The zero-order valence-corrected chi connectivity index (χ0v) is 13.8. The number of hydrogen-bond donors (Lipinski definition) is 1. The van der Waals surface area contributed by atoms with Crippen molar-refractivity contribution >= 4 is 32.5 Å². The molecule has 4 heteroatoms. The molecule has 3 rings (SSSR count). The predicted octanol–water partition coefficient (Wildman–Crippen LogP) is 4.74. The largest absolute Gasteiger partial charge is 0.378 e. The second-order valence-electron chi connectivity index (χ2n) is 5.12. The second-order valence-corrected chi connectivity index (χ2v) is 5.97. The number of anilines is 1. The molecule has 3 aromatic rings. The molecule has 0 saturated carbocycles. The van der Waals surface area contributed by atoms with Crippen LogP contribution in [0.1, 0.15) is 18.2 Å². The summed E-state index contributed by atoms with van der Waals surface area (Å²) >= 11 is 3.60. The number of fused-ring (bicyclic) bond motifs is 1. The lowest BCUT2D eigenvalue weighted by atomic mass is 10.2. The fraction of sp³-hybridized carbons (Fsp3) is 0.235. The van der Waals surface area contributed by atoms with Crippen molar-refractivity contribution in [2.75, 3.05) is 5.32 Å². The van der Waals surface area contributed by atoms with E-state index in [0.717, 1.165) is 28.9 Å². The molecule has 2 aromatic carbocycles. The molecule has 1 N–H and O–H groups in total. The molecule has 0 fully saturated rings. The third-order valence-electron chi connectivity index (χ3n) is 3.60. The summed E-state index contributed by atoms with van der Waals surface area (Å²) in [5.74, 6) is 0. The topological polar surface area (TPSA) is 29.9 Å². The molecule has 0 saturated heterocycles. The van der Waals surface area contributed by atoms with Crippen LogP contribution in [0.3, 0.4) is 0 Å². The Morgan fingerprint density at radius 2 is 2.00 bits per heavy atom. The van der Waals surface area contributed by atoms with Gasteiger partial charge in [-0.2, -0.15) is 5.10 Å². The molecular formula is C17H18BrN3. The minimum Gasteiger partial charge on any atom is -0.378 e. The van der Waals surface area contributed by atoms with Gasteiger partial charge in [-0.1, -0.05) is 24.3 Å². The van der Waals surface area contributed by atoms with Gasteiger partial charge in [-0.05, 0) is 53.5 Å². The van der Waals surface area contributed by atoms with E-state index in [4.69, 9.17) is 5.10 Å². The van der Waals surface area contributed by atoms with E-state index in [1.165, 1.54) is 16.5 Å². The fourth-order valence-corrected chi connectivity index (χ4v) is 3.14. The van der Waals surface area contributed by atoms with Crippen LogP contribution in [0.4, 0.5) is 5.69 Å². The Labute approximate surface area is 133 Å². The summed E-state index contributed by atoms with van der Waals surface area (Å²) in [5.41, 5.74) is 4.61. The van der Waals surface area contributed by atoms with Crippen molar-refractivity contribution in [1.29, 1.82) is 0 Å². The van der Waals surface area contributed by atoms with E-state index < -0.39 is 0 Å². The summed E-state index contributed by atoms with van der Waals surface area (Å²) in [6, 6.07) is 14.7. The molecule has 0 bridgehead atoms. The fourth-order valence-electron chi connectivity index (χ4n) is 2.51. The van der Waals surface area contributed by atoms with Gasteiger partial charge in [-0.15, -0.1) is 0 Å². The van der Waals surface area contributed by atoms with Crippen molar-refractivity contribution < 1.29 is 0 Å². The summed E-state index contributed by atoms with van der Waals surface area (Å²) < 4.78 is 3.14. The number of hydrogen-bond acceptors (Lipinski definition) is 2. The maximum absolute atomic E-state index is 4.71. The number of halogens is 1. The number of nitrogens with zero attached hydrogens (tertiary/aromatic N) is 2. The highest BCUT2D eigenvalue weighted by molar-refractivity contribution is 9.10. The molecule has 0 atom stereocenters. The van der Waals surface area contributed by atoms with Crippen LogP contribution in [-0.4, -0.2) is 9.78 Å². The van der Waals surface area contributed by atoms with Gasteiger partial charge in [-0.25, -0.2) is 0 Å². The molecule has 0 aliphatic heterocycles. The first-order valence-electron chi connectivity index (χ1n) is 7.13. The molecule has 1 aromatic heterocycles. The molecule has 1 heterocycles. The van der Waals surface area contributed by atoms with E-state index in [2.05, 4.69) is 82.2 Å². The maximum atomic E-state index is 4.71. The van der Waals surface area contributed by atoms with E-state index in [-0.39, 0.29) is 0 Å². The minimum absolute atomic E-state index is 0.717. The van der Waals surface area contributed by atoms with Crippen LogP contribution in [0.15, 0.2) is 46.9 Å². The van der Waals surface area contributed by atoms with Gasteiger partial charge in [0.05, 0.1) is 17.8 Å². The van der Waals surface area contributed by atoms with Crippen LogP contribution in [0, 0.1) is 6.92 Å². The Balaban J connectivity index is 1.88. The number of aromatic nitrogens is 2. The number of nitrogens with one attached hydrogen (secondary N) is 1. The third kappa shape index (κ3) is 2.81. The molecule has 0 spiro atoms. The Bertz CT molecular complexity index is 777. The number of rotatable bonds is 4. The Morgan fingerprint density at radius 1 is 1.19 bits per heavy atom. The molecule has 0 aliphatic carbocycles. The van der Waals surface area contributed by atoms with Gasteiger partial charge in [0.25, 0.3) is 0 Å². The van der Waals surface area contributed by atoms with Gasteiger partial charge in [-0.3, -0.25) is 4.68 Å². The minimum atomic E-state index is 0.717. The predicted molar refractivity (Wildman–Crippen MR) is 91.6 cm³/mol. The van der Waals surface area contributed by atoms with Crippen LogP contribution in [-0.2, 0) is 13.1 Å². The summed E-state index contributed by atoms with van der Waals surface area (Å²) in [6.07, 6.45) is 0. The molecule has 3 nitrogen and oxygen atoms in total. The standard InChI is InChI=1S/C17H18BrN3/c1-3-21-17-7-5-4-6-13(17)16(20-21)11-19-15-9-8-12(2)10-14(15)18/h4-10,19H,3,11H2,1-2H3. The summed E-state index contributed by atoms with van der Waals surface area (Å²) in [4.78, 5) is 0. The highest BCUT2D eigenvalue weighted by Gasteiger charge is 2.09. The van der Waals surface area contributed by atoms with Crippen molar-refractivity contribution in [2.45, 2.75) is 26.9 Å². The SMILES string of the molecule is CCn1nc(CNc2ccc(C)cc2Br)c2ccccc21. The number of para-hydroxylation sites is 1. The van der Waals surface area contributed by atoms with Crippen molar-refractivity contribution in [3.05, 3.63) is 58.2 Å². The summed E-state index contributed by atoms with van der Waals surface area (Å²) in [5, 5.41) is 9.39. The first kappa shape index (κ1) is 14.1. The van der Waals surface area contributed by atoms with Crippen LogP contribution in [0.2, 0.25) is 0 Å². The molecular weight excluding hydrogens is 326 g/mol. The molecule has 0 radical (unpaired) electrons. The van der Waals surface area contributed by atoms with Gasteiger partial charge in [0.2, 0.25) is 0 Å². The summed E-state index contributed by atoms with van der Waals surface area (Å²) in [7, 11) is 0. The van der Waals surface area contributed by atoms with Gasteiger partial charge in [0.1, 0.15) is 0 Å². The van der Waals surface area contributed by atoms with E-state index in [0.29, 0.717) is 0 Å². The lowest BCUT2D eigenvalue weighted by Gasteiger charge is -2.08. The second kappa shape index (κ2) is 5.90. The average Bonchev–Trinajstić information content (AvgIpc) is 2.85. The summed E-state index contributed by atoms with van der Waals surface area (Å²) in [6.45, 7) is 5.81. The smallest absolute Gasteiger partial charge is 0.0894 e. The van der Waals surface area contributed by atoms with Crippen molar-refractivity contribution in [3.8, 4) is 0 Å². The first-order valence-corrected chi connectivity index (χ1v) is 7.93. The quantitative estimate of drug-likeness (QED) is 0.741. The van der Waals surface area contributed by atoms with Gasteiger partial charge in [0, 0.05) is 22.1 Å². The van der Waals surface area contributed by atoms with Crippen LogP contribution in [0.25, 0.3) is 10.9 Å². The Hall–Kier alpha value is -1.81. The molecule has 0 amide bonds. The highest BCUT2D eigenvalue weighted by Crippen LogP contribution is 2.25. The van der Waals surface area contributed by atoms with Gasteiger partial charge in [0.15, 0.2) is 0 Å². The van der Waals surface area contributed by atoms with Crippen molar-refractivity contribution in [1.82, 2.24) is 9.78 Å². The Morgan fingerprint density at radius 3 is 2.76 bits per heavy atom. The molecule has 108 valence electrons. The zero-order chi connectivity index (χ0) is 14.8. The highest BCUT2D eigenvalue weighted by atomic mass is 79.9. The monoisotopic (exact) mass is 343 g/mol. The molecule has 0 aliphatic rings. The molecule has 0 unspecified atom stereocenters. The van der Waals surface area contributed by atoms with Gasteiger partial charge < -0.3 is 5.32 Å². The first-order chi connectivity index (χ1) is 10.2. The zero-order valence-electron chi connectivity index (χ0n) is 12.2. The van der Waals surface area contributed by atoms with Crippen molar-refractivity contribution in [3.63, 3.8) is 0 Å². The van der Waals surface area contributed by atoms with E-state index >= 15 is 0 Å². The average molecular weight is 344 g/mol. The lowest BCUT2D eigenvalue weighted by molar-refractivity contribution is 0.671. The van der Waals surface area contributed by atoms with Gasteiger partial charge >= 0.3 is 0 Å². The third-order valence-corrected chi connectivity index (χ3v) is 4.26. The van der Waals surface area contributed by atoms with E-state index in [1.807, 2.05) is 0 Å². The van der Waals surface area contributed by atoms with E-state index in [9.17, 15) is 0 Å². The maximum Gasteiger partial charge on any atom is 0.0894 e. The number of aryl methyl sites for hydroxylation is 2.